The number of halogens is 1. The minimum absolute atomic E-state index is 0.187. The van der Waals surface area contributed by atoms with Gasteiger partial charge in [0.2, 0.25) is 0 Å². The molecule has 2 aromatic carbocycles. The summed E-state index contributed by atoms with van der Waals surface area (Å²) in [6.45, 7) is 15.9. The highest BCUT2D eigenvalue weighted by Crippen LogP contribution is 2.37. The predicted molar refractivity (Wildman–Crippen MR) is 177 cm³/mol. The number of thiophene rings is 1. The van der Waals surface area contributed by atoms with Crippen LogP contribution in [-0.2, 0) is 0 Å². The van der Waals surface area contributed by atoms with Gasteiger partial charge in [0, 0.05) is 32.3 Å². The maximum Gasteiger partial charge on any atom is 0.161 e. The number of nitrogens with zero attached hydrogens (tertiary/aromatic N) is 3. The zero-order valence-electron chi connectivity index (χ0n) is 23.8. The average molecular weight is 585 g/mol. The van der Waals surface area contributed by atoms with Gasteiger partial charge in [0.1, 0.15) is 11.4 Å². The number of imidazole rings is 1. The molecule has 6 rings (SSSR count). The van der Waals surface area contributed by atoms with Gasteiger partial charge in [0.25, 0.3) is 0 Å². The van der Waals surface area contributed by atoms with Gasteiger partial charge < -0.3 is 10.3 Å². The van der Waals surface area contributed by atoms with Gasteiger partial charge in [-0.1, -0.05) is 68.3 Å². The maximum absolute atomic E-state index is 16.3. The van der Waals surface area contributed by atoms with Gasteiger partial charge >= 0.3 is 0 Å². The zero-order valence-corrected chi connectivity index (χ0v) is 24.6. The lowest BCUT2D eigenvalue weighted by atomic mass is 10.1. The Kier molecular flexibility index (Phi) is 7.44. The third-order valence-corrected chi connectivity index (χ3v) is 8.39. The monoisotopic (exact) mass is 584 g/mol. The highest BCUT2D eigenvalue weighted by molar-refractivity contribution is 7.16. The van der Waals surface area contributed by atoms with Crippen molar-refractivity contribution in [2.75, 3.05) is 0 Å². The summed E-state index contributed by atoms with van der Waals surface area (Å²) in [6.07, 6.45) is 6.85. The van der Waals surface area contributed by atoms with Crippen LogP contribution >= 0.6 is 11.3 Å². The van der Waals surface area contributed by atoms with Crippen molar-refractivity contribution in [2.24, 2.45) is 0 Å². The van der Waals surface area contributed by atoms with Crippen LogP contribution in [0.4, 0.5) is 4.39 Å². The fourth-order valence-electron chi connectivity index (χ4n) is 4.89. The Labute approximate surface area is 252 Å². The van der Waals surface area contributed by atoms with Gasteiger partial charge in [0.05, 0.1) is 28.1 Å². The molecule has 0 saturated carbocycles. The van der Waals surface area contributed by atoms with E-state index in [1.165, 1.54) is 0 Å². The molecule has 0 amide bonds. The first-order valence-electron chi connectivity index (χ1n) is 13.7. The summed E-state index contributed by atoms with van der Waals surface area (Å²) in [4.78, 5) is 14.9. The number of fused-ring (bicyclic) bond motifs is 2. The van der Waals surface area contributed by atoms with Crippen LogP contribution in [0.25, 0.3) is 60.7 Å². The number of pyridine rings is 1. The average Bonchev–Trinajstić information content (AvgIpc) is 3.78. The van der Waals surface area contributed by atoms with Gasteiger partial charge in [-0.25, -0.2) is 9.37 Å². The summed E-state index contributed by atoms with van der Waals surface area (Å²) >= 11 is 1.66. The standard InChI is InChI=1S/C35H29FN6S/c1-6-22(18-24(7-2)38-21(5)23-12-9-8-10-13-23)32-31(36)30-27(19-37-32)41-42-34(30)35-39-26-15-11-14-25(33(26)40-35)29-17-16-28(43-29)20(3)4/h6-19,38H,2-3,5H2,1,4H3,(H,39,40)(H,41,42)/b22-6+,24-18+. The molecule has 0 unspecified atom stereocenters. The van der Waals surface area contributed by atoms with E-state index >= 15 is 4.39 Å². The Balaban J connectivity index is 1.39. The van der Waals surface area contributed by atoms with Crippen LogP contribution < -0.4 is 5.32 Å². The molecule has 8 heteroatoms. The second kappa shape index (κ2) is 11.5. The van der Waals surface area contributed by atoms with Crippen molar-refractivity contribution >= 4 is 50.1 Å². The molecule has 0 aliphatic rings. The lowest BCUT2D eigenvalue weighted by molar-refractivity contribution is 0.630. The van der Waals surface area contributed by atoms with Crippen molar-refractivity contribution in [1.29, 1.82) is 0 Å². The number of rotatable bonds is 9. The molecule has 0 saturated heterocycles. The largest absolute Gasteiger partial charge is 0.356 e. The van der Waals surface area contributed by atoms with Crippen molar-refractivity contribution in [3.05, 3.63) is 132 Å². The molecule has 6 nitrogen and oxygen atoms in total. The Bertz CT molecular complexity index is 2090. The summed E-state index contributed by atoms with van der Waals surface area (Å²) < 4.78 is 16.3. The molecule has 6 aromatic rings. The Morgan fingerprint density at radius 2 is 1.84 bits per heavy atom. The molecule has 0 fully saturated rings. The number of H-pyrrole nitrogens is 2. The van der Waals surface area contributed by atoms with E-state index in [0.717, 1.165) is 37.5 Å². The van der Waals surface area contributed by atoms with Crippen molar-refractivity contribution in [3.63, 3.8) is 0 Å². The molecule has 3 N–H and O–H groups in total. The summed E-state index contributed by atoms with van der Waals surface area (Å²) in [5.41, 5.74) is 7.54. The van der Waals surface area contributed by atoms with E-state index < -0.39 is 5.82 Å². The molecule has 0 aliphatic heterocycles. The second-order valence-electron chi connectivity index (χ2n) is 10.0. The van der Waals surface area contributed by atoms with Gasteiger partial charge in [0.15, 0.2) is 11.6 Å². The number of para-hydroxylation sites is 1. The summed E-state index contributed by atoms with van der Waals surface area (Å²) in [6, 6.07) is 19.9. The van der Waals surface area contributed by atoms with E-state index in [2.05, 4.69) is 57.4 Å². The van der Waals surface area contributed by atoms with Crippen LogP contribution in [0.3, 0.4) is 0 Å². The predicted octanol–water partition coefficient (Wildman–Crippen LogP) is 9.14. The Morgan fingerprint density at radius 3 is 2.56 bits per heavy atom. The van der Waals surface area contributed by atoms with Crippen LogP contribution in [-0.4, -0.2) is 25.1 Å². The van der Waals surface area contributed by atoms with Crippen molar-refractivity contribution in [3.8, 4) is 22.0 Å². The van der Waals surface area contributed by atoms with Gasteiger partial charge in [-0.2, -0.15) is 5.10 Å². The number of benzene rings is 2. The van der Waals surface area contributed by atoms with Gasteiger partial charge in [-0.05, 0) is 55.3 Å². The van der Waals surface area contributed by atoms with Crippen LogP contribution in [0.5, 0.6) is 0 Å². The third-order valence-electron chi connectivity index (χ3n) is 7.11. The second-order valence-corrected chi connectivity index (χ2v) is 11.1. The van der Waals surface area contributed by atoms with E-state index in [1.54, 1.807) is 35.8 Å². The van der Waals surface area contributed by atoms with E-state index in [1.807, 2.05) is 62.4 Å². The van der Waals surface area contributed by atoms with Gasteiger partial charge in [-0.3, -0.25) is 10.1 Å². The SMILES string of the molecule is C=C/C(=C\C(=C/C)c1ncc2[nH]nc(-c3nc4c(-c5ccc(C(=C)C)s5)cccc4[nH]3)c2c1F)NC(=C)c1ccccc1. The number of hydrogen-bond donors (Lipinski definition) is 3. The maximum atomic E-state index is 16.3. The summed E-state index contributed by atoms with van der Waals surface area (Å²) in [5, 5.41) is 10.9. The number of aromatic nitrogens is 5. The first-order valence-corrected chi connectivity index (χ1v) is 14.5. The molecule has 0 atom stereocenters. The van der Waals surface area contributed by atoms with E-state index in [9.17, 15) is 0 Å². The van der Waals surface area contributed by atoms with Crippen LogP contribution in [0, 0.1) is 5.82 Å². The van der Waals surface area contributed by atoms with Crippen molar-refractivity contribution in [1.82, 2.24) is 30.5 Å². The smallest absolute Gasteiger partial charge is 0.161 e. The molecular formula is C35H29FN6S. The Hall–Kier alpha value is -5.34. The normalized spacial score (nSPS) is 12.2. The first-order chi connectivity index (χ1) is 20.9. The van der Waals surface area contributed by atoms with Crippen molar-refractivity contribution < 1.29 is 4.39 Å². The molecule has 4 aromatic heterocycles. The lowest BCUT2D eigenvalue weighted by Crippen LogP contribution is -2.09. The van der Waals surface area contributed by atoms with E-state index in [-0.39, 0.29) is 5.69 Å². The highest BCUT2D eigenvalue weighted by Gasteiger charge is 2.21. The fraction of sp³-hybridized carbons (Fsp3) is 0.0571. The topological polar surface area (TPSA) is 82.3 Å². The summed E-state index contributed by atoms with van der Waals surface area (Å²) in [5.74, 6) is -0.0347. The number of aromatic amines is 2. The van der Waals surface area contributed by atoms with Crippen LogP contribution in [0.2, 0.25) is 0 Å². The molecule has 0 radical (unpaired) electrons. The minimum Gasteiger partial charge on any atom is -0.356 e. The highest BCUT2D eigenvalue weighted by atomic mass is 32.1. The van der Waals surface area contributed by atoms with Gasteiger partial charge in [-0.15, -0.1) is 11.3 Å². The number of nitrogens with one attached hydrogen (secondary N) is 3. The Morgan fingerprint density at radius 1 is 1.02 bits per heavy atom. The lowest BCUT2D eigenvalue weighted by Gasteiger charge is -2.12. The molecule has 0 spiro atoms. The van der Waals surface area contributed by atoms with E-state index in [0.29, 0.717) is 39.4 Å². The molecular weight excluding hydrogens is 555 g/mol. The first kappa shape index (κ1) is 27.8. The van der Waals surface area contributed by atoms with Crippen molar-refractivity contribution in [2.45, 2.75) is 13.8 Å². The molecule has 43 heavy (non-hydrogen) atoms. The number of hydrogen-bond acceptors (Lipinski definition) is 5. The van der Waals surface area contributed by atoms with Crippen LogP contribution in [0.1, 0.15) is 30.0 Å². The molecule has 0 bridgehead atoms. The molecule has 0 aliphatic carbocycles. The van der Waals surface area contributed by atoms with E-state index in [4.69, 9.17) is 4.98 Å². The summed E-state index contributed by atoms with van der Waals surface area (Å²) in [7, 11) is 0. The quantitative estimate of drug-likeness (QED) is 0.148. The molecule has 212 valence electrons. The zero-order chi connectivity index (χ0) is 30.1. The van der Waals surface area contributed by atoms with Crippen LogP contribution in [0.15, 0.2) is 111 Å². The fourth-order valence-corrected chi connectivity index (χ4v) is 5.85. The molecule has 4 heterocycles. The third kappa shape index (κ3) is 5.24. The number of allylic oxidation sites excluding steroid dienone is 5. The minimum atomic E-state index is -0.499.